The molecule has 2 aromatic carbocycles. The number of fused-ring (bicyclic) bond motifs is 2. The van der Waals surface area contributed by atoms with Crippen LogP contribution in [0.5, 0.6) is 6.01 Å². The molecule has 2 atom stereocenters. The Balaban J connectivity index is 1.26. The molecular formula is C36H37N9O4. The minimum absolute atomic E-state index is 0.0817. The lowest BCUT2D eigenvalue weighted by Crippen LogP contribution is -2.55. The number of pyridine rings is 1. The maximum absolute atomic E-state index is 14.4. The predicted octanol–water partition coefficient (Wildman–Crippen LogP) is 4.25. The molecule has 0 radical (unpaired) electrons. The number of nitriles is 1. The Labute approximate surface area is 283 Å². The number of piperazine rings is 1. The van der Waals surface area contributed by atoms with Gasteiger partial charge in [0.25, 0.3) is 5.56 Å². The molecular weight excluding hydrogens is 622 g/mol. The van der Waals surface area contributed by atoms with Crippen molar-refractivity contribution in [2.24, 2.45) is 0 Å². The van der Waals surface area contributed by atoms with E-state index in [0.717, 1.165) is 35.9 Å². The van der Waals surface area contributed by atoms with Crippen molar-refractivity contribution in [2.45, 2.75) is 44.9 Å². The predicted molar refractivity (Wildman–Crippen MR) is 184 cm³/mol. The first-order chi connectivity index (χ1) is 23.9. The second kappa shape index (κ2) is 13.9. The quantitative estimate of drug-likeness (QED) is 0.236. The number of carbonyl (C=O) groups excluding carboxylic acids is 1. The fraction of sp³-hybridized carbons (Fsp3) is 0.361. The van der Waals surface area contributed by atoms with Gasteiger partial charge in [-0.05, 0) is 63.2 Å². The number of rotatable bonds is 8. The Morgan fingerprint density at radius 2 is 1.84 bits per heavy atom. The highest BCUT2D eigenvalue weighted by Gasteiger charge is 2.34. The summed E-state index contributed by atoms with van der Waals surface area (Å²) in [5.41, 5.74) is 2.37. The fourth-order valence-electron chi connectivity index (χ4n) is 6.72. The number of hydrogen-bond donors (Lipinski definition) is 0. The van der Waals surface area contributed by atoms with Crippen LogP contribution < -0.4 is 15.2 Å². The number of likely N-dealkylation sites (tertiary alicyclic amines) is 1. The van der Waals surface area contributed by atoms with Gasteiger partial charge in [-0.1, -0.05) is 36.4 Å². The van der Waals surface area contributed by atoms with E-state index in [-0.39, 0.29) is 49.2 Å². The molecule has 13 heteroatoms. The second-order valence-corrected chi connectivity index (χ2v) is 12.5. The summed E-state index contributed by atoms with van der Waals surface area (Å²) in [5.74, 6) is 0.878. The minimum Gasteiger partial charge on any atom is -0.462 e. The van der Waals surface area contributed by atoms with Crippen LogP contribution in [-0.2, 0) is 11.3 Å². The Kier molecular flexibility index (Phi) is 9.04. The van der Waals surface area contributed by atoms with Crippen LogP contribution in [0.25, 0.3) is 27.6 Å². The zero-order valence-corrected chi connectivity index (χ0v) is 27.5. The number of benzene rings is 2. The van der Waals surface area contributed by atoms with E-state index < -0.39 is 12.1 Å². The van der Waals surface area contributed by atoms with Crippen LogP contribution in [0.4, 0.5) is 10.6 Å². The van der Waals surface area contributed by atoms with Crippen molar-refractivity contribution in [1.29, 1.82) is 5.26 Å². The van der Waals surface area contributed by atoms with E-state index in [1.54, 1.807) is 22.6 Å². The van der Waals surface area contributed by atoms with Gasteiger partial charge in [-0.15, -0.1) is 0 Å². The molecule has 2 saturated heterocycles. The van der Waals surface area contributed by atoms with E-state index >= 15 is 0 Å². The van der Waals surface area contributed by atoms with Crippen molar-refractivity contribution in [2.75, 3.05) is 44.7 Å². The summed E-state index contributed by atoms with van der Waals surface area (Å²) in [6, 6.07) is 20.9. The maximum Gasteiger partial charge on any atom is 0.410 e. The lowest BCUT2D eigenvalue weighted by Gasteiger charge is -2.40. The van der Waals surface area contributed by atoms with E-state index in [9.17, 15) is 14.9 Å². The molecule has 2 fully saturated rings. The van der Waals surface area contributed by atoms with Crippen molar-refractivity contribution >= 4 is 33.8 Å². The van der Waals surface area contributed by atoms with Crippen LogP contribution in [0.15, 0.2) is 71.7 Å². The number of aryl methyl sites for hydroxylation is 1. The number of carbonyl (C=O) groups is 1. The monoisotopic (exact) mass is 659 g/mol. The first-order valence-electron chi connectivity index (χ1n) is 16.5. The van der Waals surface area contributed by atoms with Gasteiger partial charge in [-0.3, -0.25) is 14.3 Å². The summed E-state index contributed by atoms with van der Waals surface area (Å²) in [6.07, 6.45) is 3.40. The van der Waals surface area contributed by atoms with Gasteiger partial charge >= 0.3 is 12.1 Å². The summed E-state index contributed by atoms with van der Waals surface area (Å²) in [6.45, 7) is 4.22. The van der Waals surface area contributed by atoms with Crippen LogP contribution in [0.3, 0.4) is 0 Å². The SMILES string of the molecule is Cc1nc2c(N3CCN(C(=O)OCc4ccccc4)C(CC#N)C3)nc(OCC3CCCN3C)nc2c(=O)n1-c1cccc2ncccc12. The zero-order chi connectivity index (χ0) is 33.9. The summed E-state index contributed by atoms with van der Waals surface area (Å²) in [4.78, 5) is 52.3. The van der Waals surface area contributed by atoms with Gasteiger partial charge in [-0.2, -0.15) is 15.2 Å². The third kappa shape index (κ3) is 6.47. The Bertz CT molecular complexity index is 2090. The number of ether oxygens (including phenoxy) is 2. The van der Waals surface area contributed by atoms with Crippen LogP contribution in [0.2, 0.25) is 0 Å². The molecule has 2 aliphatic heterocycles. The number of aromatic nitrogens is 5. The van der Waals surface area contributed by atoms with Crippen molar-refractivity contribution in [1.82, 2.24) is 34.3 Å². The standard InChI is InChI=1S/C36H37N9O4/c1-24-39-31-32(34(46)45(24)30-14-6-13-29-28(30)12-7-17-38-29)40-35(48-23-27-11-8-18-42(27)2)41-33(31)43-19-20-44(26(21-43)15-16-37)36(47)49-22-25-9-4-3-5-10-25/h3-7,9-10,12-14,17,26-27H,8,11,15,18-23H2,1-2H3. The molecule has 2 unspecified atom stereocenters. The highest BCUT2D eigenvalue weighted by Crippen LogP contribution is 2.29. The average molecular weight is 660 g/mol. The summed E-state index contributed by atoms with van der Waals surface area (Å²) in [7, 11) is 2.07. The molecule has 0 spiro atoms. The van der Waals surface area contributed by atoms with Gasteiger partial charge in [0.05, 0.1) is 29.7 Å². The van der Waals surface area contributed by atoms with Crippen LogP contribution in [0, 0.1) is 18.3 Å². The van der Waals surface area contributed by atoms with Gasteiger partial charge in [0.1, 0.15) is 24.6 Å². The molecule has 1 amide bonds. The Morgan fingerprint density at radius 3 is 2.63 bits per heavy atom. The molecule has 3 aromatic heterocycles. The molecule has 0 bridgehead atoms. The van der Waals surface area contributed by atoms with Crippen molar-refractivity contribution in [3.05, 3.63) is 88.6 Å². The van der Waals surface area contributed by atoms with Gasteiger partial charge in [0.2, 0.25) is 0 Å². The van der Waals surface area contributed by atoms with Crippen LogP contribution in [0.1, 0.15) is 30.7 Å². The zero-order valence-electron chi connectivity index (χ0n) is 27.5. The number of nitrogens with zero attached hydrogens (tertiary/aromatic N) is 9. The normalized spacial score (nSPS) is 18.1. The highest BCUT2D eigenvalue weighted by molar-refractivity contribution is 5.89. The molecule has 49 heavy (non-hydrogen) atoms. The number of amides is 1. The number of anilines is 1. The summed E-state index contributed by atoms with van der Waals surface area (Å²) in [5, 5.41) is 10.5. The van der Waals surface area contributed by atoms with Gasteiger partial charge in [0, 0.05) is 37.3 Å². The molecule has 7 rings (SSSR count). The van der Waals surface area contributed by atoms with Crippen molar-refractivity contribution < 1.29 is 14.3 Å². The molecule has 0 aliphatic carbocycles. The number of likely N-dealkylation sites (N-methyl/N-ethyl adjacent to an activating group) is 1. The van der Waals surface area contributed by atoms with Crippen molar-refractivity contribution in [3.63, 3.8) is 0 Å². The van der Waals surface area contributed by atoms with E-state index in [1.807, 2.05) is 65.6 Å². The Morgan fingerprint density at radius 1 is 0.980 bits per heavy atom. The smallest absolute Gasteiger partial charge is 0.410 e. The fourth-order valence-corrected chi connectivity index (χ4v) is 6.72. The molecule has 13 nitrogen and oxygen atoms in total. The lowest BCUT2D eigenvalue weighted by atomic mass is 10.1. The van der Waals surface area contributed by atoms with E-state index in [4.69, 9.17) is 19.4 Å². The molecule has 250 valence electrons. The first-order valence-corrected chi connectivity index (χ1v) is 16.5. The highest BCUT2D eigenvalue weighted by atomic mass is 16.6. The Hall–Kier alpha value is -5.61. The summed E-state index contributed by atoms with van der Waals surface area (Å²) >= 11 is 0. The van der Waals surface area contributed by atoms with Gasteiger partial charge in [0.15, 0.2) is 11.3 Å². The van der Waals surface area contributed by atoms with Crippen LogP contribution in [-0.4, -0.2) is 92.3 Å². The van der Waals surface area contributed by atoms with Gasteiger partial charge in [-0.25, -0.2) is 9.78 Å². The van der Waals surface area contributed by atoms with Gasteiger partial charge < -0.3 is 24.2 Å². The molecule has 0 saturated carbocycles. The third-order valence-electron chi connectivity index (χ3n) is 9.34. The summed E-state index contributed by atoms with van der Waals surface area (Å²) < 4.78 is 13.4. The van der Waals surface area contributed by atoms with Crippen molar-refractivity contribution in [3.8, 4) is 17.8 Å². The number of hydrogen-bond acceptors (Lipinski definition) is 11. The van der Waals surface area contributed by atoms with E-state index in [2.05, 4.69) is 28.0 Å². The third-order valence-corrected chi connectivity index (χ3v) is 9.34. The lowest BCUT2D eigenvalue weighted by molar-refractivity contribution is 0.0768. The molecule has 0 N–H and O–H groups in total. The largest absolute Gasteiger partial charge is 0.462 e. The maximum atomic E-state index is 14.4. The van der Waals surface area contributed by atoms with Crippen LogP contribution >= 0.6 is 0 Å². The molecule has 5 heterocycles. The first kappa shape index (κ1) is 32.0. The topological polar surface area (TPSA) is 143 Å². The molecule has 2 aliphatic rings. The second-order valence-electron chi connectivity index (χ2n) is 12.5. The molecule has 5 aromatic rings. The van der Waals surface area contributed by atoms with E-state index in [1.165, 1.54) is 0 Å². The minimum atomic E-state index is -0.484. The van der Waals surface area contributed by atoms with E-state index in [0.29, 0.717) is 36.0 Å². The average Bonchev–Trinajstić information content (AvgIpc) is 3.54.